The van der Waals surface area contributed by atoms with Crippen molar-refractivity contribution < 1.29 is 19.4 Å². The summed E-state index contributed by atoms with van der Waals surface area (Å²) in [4.78, 5) is 16.5. The summed E-state index contributed by atoms with van der Waals surface area (Å²) < 4.78 is 15.4. The number of pyridine rings is 1. The number of aliphatic hydroxyl groups is 1. The molecule has 9 heteroatoms. The zero-order valence-electron chi connectivity index (χ0n) is 19.5. The molecule has 1 saturated heterocycles. The highest BCUT2D eigenvalue weighted by Gasteiger charge is 2.65. The maximum Gasteiger partial charge on any atom is 0.321 e. The molecule has 1 aromatic heterocycles. The second-order valence-corrected chi connectivity index (χ2v) is 11.2. The Morgan fingerprint density at radius 3 is 2.50 bits per heavy atom. The highest BCUT2D eigenvalue weighted by molar-refractivity contribution is 6.31. The SMILES string of the molecule is CC1(C)CCC2(CC1)N[C@@H](C(=O)O)[C@H](c1ccnc(Cl)c1F)C2(C)c1ccc(Cl)cc1NCO. The van der Waals surface area contributed by atoms with E-state index in [1.807, 2.05) is 13.0 Å². The molecule has 0 amide bonds. The van der Waals surface area contributed by atoms with E-state index in [9.17, 15) is 15.0 Å². The number of nitrogens with zero attached hydrogens (tertiary/aromatic N) is 1. The van der Waals surface area contributed by atoms with Gasteiger partial charge in [0.25, 0.3) is 0 Å². The molecule has 1 saturated carbocycles. The Morgan fingerprint density at radius 1 is 1.21 bits per heavy atom. The highest BCUT2D eigenvalue weighted by Crippen LogP contribution is 2.61. The molecule has 0 bridgehead atoms. The van der Waals surface area contributed by atoms with E-state index in [2.05, 4.69) is 29.5 Å². The Morgan fingerprint density at radius 2 is 1.88 bits per heavy atom. The number of rotatable bonds is 5. The minimum atomic E-state index is -1.06. The molecule has 2 fully saturated rings. The fourth-order valence-electron chi connectivity index (χ4n) is 6.17. The van der Waals surface area contributed by atoms with E-state index in [0.29, 0.717) is 23.6 Å². The smallest absolute Gasteiger partial charge is 0.321 e. The molecule has 2 aliphatic rings. The van der Waals surface area contributed by atoms with Crippen molar-refractivity contribution in [2.75, 3.05) is 12.0 Å². The number of benzene rings is 1. The number of aromatic nitrogens is 1. The number of carboxylic acids is 1. The van der Waals surface area contributed by atoms with E-state index in [1.54, 1.807) is 12.1 Å². The van der Waals surface area contributed by atoms with Crippen molar-refractivity contribution in [3.63, 3.8) is 0 Å². The maximum atomic E-state index is 15.4. The summed E-state index contributed by atoms with van der Waals surface area (Å²) >= 11 is 12.3. The summed E-state index contributed by atoms with van der Waals surface area (Å²) in [6.45, 7) is 6.08. The maximum absolute atomic E-state index is 15.4. The Labute approximate surface area is 208 Å². The van der Waals surface area contributed by atoms with Gasteiger partial charge in [-0.05, 0) is 60.4 Å². The van der Waals surface area contributed by atoms with Crippen LogP contribution in [0.1, 0.15) is 63.5 Å². The van der Waals surface area contributed by atoms with Crippen LogP contribution < -0.4 is 10.6 Å². The predicted molar refractivity (Wildman–Crippen MR) is 131 cm³/mol. The lowest BCUT2D eigenvalue weighted by Crippen LogP contribution is -2.57. The lowest BCUT2D eigenvalue weighted by molar-refractivity contribution is -0.139. The largest absolute Gasteiger partial charge is 0.480 e. The lowest BCUT2D eigenvalue weighted by atomic mass is 9.53. The van der Waals surface area contributed by atoms with Gasteiger partial charge in [0.2, 0.25) is 0 Å². The van der Waals surface area contributed by atoms with Crippen molar-refractivity contribution in [3.05, 3.63) is 57.6 Å². The molecule has 1 spiro atoms. The van der Waals surface area contributed by atoms with Gasteiger partial charge in [-0.15, -0.1) is 0 Å². The molecule has 0 radical (unpaired) electrons. The van der Waals surface area contributed by atoms with Crippen LogP contribution in [0.2, 0.25) is 10.2 Å². The van der Waals surface area contributed by atoms with Gasteiger partial charge in [0.15, 0.2) is 11.0 Å². The Bertz CT molecular complexity index is 1100. The number of aliphatic hydroxyl groups excluding tert-OH is 1. The number of anilines is 1. The van der Waals surface area contributed by atoms with Gasteiger partial charge in [-0.1, -0.05) is 50.0 Å². The normalized spacial score (nSPS) is 27.6. The van der Waals surface area contributed by atoms with Crippen LogP contribution in [0.4, 0.5) is 10.1 Å². The first-order valence-corrected chi connectivity index (χ1v) is 12.2. The number of nitrogens with one attached hydrogen (secondary N) is 2. The highest BCUT2D eigenvalue weighted by atomic mass is 35.5. The minimum absolute atomic E-state index is 0.113. The van der Waals surface area contributed by atoms with Crippen molar-refractivity contribution in [2.24, 2.45) is 5.41 Å². The van der Waals surface area contributed by atoms with E-state index >= 15 is 4.39 Å². The van der Waals surface area contributed by atoms with Gasteiger partial charge in [0.1, 0.15) is 12.8 Å². The Kier molecular flexibility index (Phi) is 6.62. The predicted octanol–water partition coefficient (Wildman–Crippen LogP) is 5.33. The van der Waals surface area contributed by atoms with E-state index in [4.69, 9.17) is 23.2 Å². The number of halogens is 3. The standard InChI is InChI=1S/C25H30Cl2FN3O3/c1-23(2)7-9-25(10-8-23)24(3,16-5-4-14(26)12-17(16)30-13-32)18(20(31-25)22(33)34)15-6-11-29-21(27)19(15)28/h4-6,11-12,18,20,30-32H,7-10,13H2,1-3H3,(H,33,34)/t18-,20+,24?/m0/s1. The average Bonchev–Trinajstić information content (AvgIpc) is 3.02. The van der Waals surface area contributed by atoms with Crippen molar-refractivity contribution in [3.8, 4) is 0 Å². The second kappa shape index (κ2) is 8.94. The molecule has 184 valence electrons. The molecule has 2 aromatic rings. The van der Waals surface area contributed by atoms with E-state index in [1.165, 1.54) is 12.3 Å². The Balaban J connectivity index is 2.02. The fourth-order valence-corrected chi connectivity index (χ4v) is 6.51. The lowest BCUT2D eigenvalue weighted by Gasteiger charge is -2.52. The van der Waals surface area contributed by atoms with Gasteiger partial charge in [0.05, 0.1) is 0 Å². The molecular formula is C25H30Cl2FN3O3. The van der Waals surface area contributed by atoms with Gasteiger partial charge in [0, 0.05) is 33.8 Å². The minimum Gasteiger partial charge on any atom is -0.480 e. The summed E-state index contributed by atoms with van der Waals surface area (Å²) in [5.41, 5.74) is 0.133. The zero-order valence-corrected chi connectivity index (χ0v) is 21.0. The van der Waals surface area contributed by atoms with Crippen molar-refractivity contribution in [1.82, 2.24) is 10.3 Å². The summed E-state index contributed by atoms with van der Waals surface area (Å²) in [5, 5.41) is 26.6. The topological polar surface area (TPSA) is 94.5 Å². The third kappa shape index (κ3) is 3.96. The van der Waals surface area contributed by atoms with Gasteiger partial charge in [-0.25, -0.2) is 9.37 Å². The van der Waals surface area contributed by atoms with Crippen molar-refractivity contribution in [1.29, 1.82) is 0 Å². The summed E-state index contributed by atoms with van der Waals surface area (Å²) in [7, 11) is 0. The summed E-state index contributed by atoms with van der Waals surface area (Å²) in [6, 6.07) is 5.76. The molecule has 1 aromatic carbocycles. The first-order chi connectivity index (χ1) is 16.0. The molecule has 1 aliphatic carbocycles. The van der Waals surface area contributed by atoms with E-state index in [0.717, 1.165) is 18.4 Å². The van der Waals surface area contributed by atoms with Crippen molar-refractivity contribution in [2.45, 2.75) is 69.4 Å². The van der Waals surface area contributed by atoms with Gasteiger partial charge < -0.3 is 15.5 Å². The van der Waals surface area contributed by atoms with Gasteiger partial charge in [-0.3, -0.25) is 10.1 Å². The monoisotopic (exact) mass is 509 g/mol. The number of aliphatic carboxylic acids is 1. The van der Waals surface area contributed by atoms with Crippen LogP contribution >= 0.6 is 23.2 Å². The van der Waals surface area contributed by atoms with E-state index in [-0.39, 0.29) is 22.9 Å². The quantitative estimate of drug-likeness (QED) is 0.321. The molecule has 4 rings (SSSR count). The number of hydrogen-bond acceptors (Lipinski definition) is 5. The third-order valence-electron chi connectivity index (χ3n) is 8.13. The van der Waals surface area contributed by atoms with Crippen LogP contribution in [0.5, 0.6) is 0 Å². The molecular weight excluding hydrogens is 480 g/mol. The summed E-state index contributed by atoms with van der Waals surface area (Å²) in [5.74, 6) is -2.57. The molecule has 1 unspecified atom stereocenters. The number of carbonyl (C=O) groups is 1. The van der Waals surface area contributed by atoms with E-state index < -0.39 is 34.7 Å². The van der Waals surface area contributed by atoms with Crippen LogP contribution in [0.25, 0.3) is 0 Å². The zero-order chi connectivity index (χ0) is 24.9. The first kappa shape index (κ1) is 25.2. The van der Waals surface area contributed by atoms with Crippen molar-refractivity contribution >= 4 is 34.9 Å². The fraction of sp³-hybridized carbons (Fsp3) is 0.520. The van der Waals surface area contributed by atoms with Crippen LogP contribution in [0.3, 0.4) is 0 Å². The van der Waals surface area contributed by atoms with Gasteiger partial charge in [-0.2, -0.15) is 0 Å². The average molecular weight is 510 g/mol. The molecule has 2 heterocycles. The Hall–Kier alpha value is -1.93. The molecule has 3 atom stereocenters. The molecule has 34 heavy (non-hydrogen) atoms. The number of carboxylic acid groups (broad SMARTS) is 1. The van der Waals surface area contributed by atoms with Crippen LogP contribution in [0, 0.1) is 11.2 Å². The molecule has 1 aliphatic heterocycles. The van der Waals surface area contributed by atoms with Crippen LogP contribution in [-0.2, 0) is 10.2 Å². The second-order valence-electron chi connectivity index (χ2n) is 10.4. The molecule has 6 nitrogen and oxygen atoms in total. The van der Waals surface area contributed by atoms with Crippen LogP contribution in [-0.4, -0.2) is 39.5 Å². The molecule has 4 N–H and O–H groups in total. The van der Waals surface area contributed by atoms with Crippen LogP contribution in [0.15, 0.2) is 30.5 Å². The summed E-state index contributed by atoms with van der Waals surface area (Å²) in [6.07, 6.45) is 4.58. The first-order valence-electron chi connectivity index (χ1n) is 11.4. The van der Waals surface area contributed by atoms with Gasteiger partial charge >= 0.3 is 5.97 Å². The number of hydrogen-bond donors (Lipinski definition) is 4. The third-order valence-corrected chi connectivity index (χ3v) is 8.63.